The highest BCUT2D eigenvalue weighted by Crippen LogP contribution is 2.35. The summed E-state index contributed by atoms with van der Waals surface area (Å²) in [4.78, 5) is 0. The van der Waals surface area contributed by atoms with Crippen LogP contribution < -0.4 is 4.74 Å². The molecule has 0 radical (unpaired) electrons. The molecule has 0 bridgehead atoms. The summed E-state index contributed by atoms with van der Waals surface area (Å²) >= 11 is 4.82. The molecule has 0 saturated carbocycles. The maximum atomic E-state index is 9.97. The van der Waals surface area contributed by atoms with E-state index in [0.717, 1.165) is 23.0 Å². The predicted octanol–water partition coefficient (Wildman–Crippen LogP) is 2.92. The van der Waals surface area contributed by atoms with Gasteiger partial charge in [-0.25, -0.2) is 0 Å². The van der Waals surface area contributed by atoms with Gasteiger partial charge in [-0.15, -0.1) is 10.2 Å². The lowest BCUT2D eigenvalue weighted by atomic mass is 10.2. The van der Waals surface area contributed by atoms with Gasteiger partial charge in [-0.2, -0.15) is 9.78 Å². The minimum atomic E-state index is 0.0472. The zero-order valence-corrected chi connectivity index (χ0v) is 14.3. The largest absolute Gasteiger partial charge is 0.503 e. The molecular formula is C13H15BrN4O2S. The second-order valence-electron chi connectivity index (χ2n) is 4.03. The Balaban J connectivity index is 2.38. The molecule has 0 aliphatic heterocycles. The van der Waals surface area contributed by atoms with Crippen molar-refractivity contribution in [2.24, 2.45) is 5.10 Å². The summed E-state index contributed by atoms with van der Waals surface area (Å²) in [6.45, 7) is 2.00. The number of nitrogens with zero attached hydrogens (tertiary/aromatic N) is 4. The van der Waals surface area contributed by atoms with Crippen LogP contribution in [0.4, 0.5) is 0 Å². The summed E-state index contributed by atoms with van der Waals surface area (Å²) in [5.74, 6) is 1.23. The van der Waals surface area contributed by atoms with Crippen LogP contribution in [0.25, 0.3) is 0 Å². The standard InChI is InChI=1S/C13H15BrN4O2S/c1-4-10-16-17-13(21-3)18(10)15-7-8-5-6-9(20-2)12(19)11(8)14/h5-7,19H,4H2,1-3H3/b15-7-. The fourth-order valence-electron chi connectivity index (χ4n) is 1.71. The summed E-state index contributed by atoms with van der Waals surface area (Å²) < 4.78 is 7.27. The monoisotopic (exact) mass is 370 g/mol. The van der Waals surface area contributed by atoms with Crippen molar-refractivity contribution in [3.05, 3.63) is 28.0 Å². The minimum absolute atomic E-state index is 0.0472. The highest BCUT2D eigenvalue weighted by molar-refractivity contribution is 9.10. The number of halogens is 1. The lowest BCUT2D eigenvalue weighted by molar-refractivity contribution is 0.372. The number of benzene rings is 1. The number of aryl methyl sites for hydroxylation is 1. The molecule has 0 saturated heterocycles. The third-order valence-electron chi connectivity index (χ3n) is 2.82. The SMILES string of the molecule is CCc1nnc(SC)n1/N=C\c1ccc(OC)c(O)c1Br. The van der Waals surface area contributed by atoms with Gasteiger partial charge in [-0.05, 0) is 34.3 Å². The molecule has 0 atom stereocenters. The third-order valence-corrected chi connectivity index (χ3v) is 4.27. The summed E-state index contributed by atoms with van der Waals surface area (Å²) in [5, 5.41) is 23.2. The molecule has 0 amide bonds. The van der Waals surface area contributed by atoms with Gasteiger partial charge in [0, 0.05) is 12.0 Å². The molecule has 0 aliphatic rings. The average molecular weight is 371 g/mol. The Bertz CT molecular complexity index is 651. The zero-order chi connectivity index (χ0) is 15.4. The molecule has 0 aliphatic carbocycles. The molecular weight excluding hydrogens is 356 g/mol. The van der Waals surface area contributed by atoms with Crippen molar-refractivity contribution < 1.29 is 9.84 Å². The van der Waals surface area contributed by atoms with Crippen LogP contribution in [0, 0.1) is 0 Å². The van der Waals surface area contributed by atoms with Crippen molar-refractivity contribution in [3.8, 4) is 11.5 Å². The molecule has 0 unspecified atom stereocenters. The highest BCUT2D eigenvalue weighted by atomic mass is 79.9. The lowest BCUT2D eigenvalue weighted by Gasteiger charge is -2.07. The van der Waals surface area contributed by atoms with Crippen molar-refractivity contribution in [3.63, 3.8) is 0 Å². The maximum Gasteiger partial charge on any atom is 0.211 e. The number of aromatic hydroxyl groups is 1. The third kappa shape index (κ3) is 3.21. The average Bonchev–Trinajstić information content (AvgIpc) is 2.90. The lowest BCUT2D eigenvalue weighted by Crippen LogP contribution is -1.99. The van der Waals surface area contributed by atoms with Gasteiger partial charge >= 0.3 is 0 Å². The molecule has 1 aromatic heterocycles. The van der Waals surface area contributed by atoms with Crippen LogP contribution in [0.3, 0.4) is 0 Å². The quantitative estimate of drug-likeness (QED) is 0.646. The van der Waals surface area contributed by atoms with Crippen LogP contribution in [0.1, 0.15) is 18.3 Å². The molecule has 6 nitrogen and oxygen atoms in total. The fraction of sp³-hybridized carbons (Fsp3) is 0.308. The number of phenolic OH excluding ortho intramolecular Hbond substituents is 1. The molecule has 112 valence electrons. The fourth-order valence-corrected chi connectivity index (χ4v) is 2.58. The van der Waals surface area contributed by atoms with Crippen LogP contribution in [-0.2, 0) is 6.42 Å². The molecule has 1 aromatic carbocycles. The van der Waals surface area contributed by atoms with Gasteiger partial charge in [0.05, 0.1) is 17.8 Å². The van der Waals surface area contributed by atoms with E-state index in [2.05, 4.69) is 31.2 Å². The number of rotatable bonds is 5. The Morgan fingerprint density at radius 2 is 2.24 bits per heavy atom. The summed E-state index contributed by atoms with van der Waals surface area (Å²) in [7, 11) is 1.50. The first kappa shape index (κ1) is 15.8. The van der Waals surface area contributed by atoms with Gasteiger partial charge in [0.1, 0.15) is 0 Å². The van der Waals surface area contributed by atoms with Crippen LogP contribution in [0.15, 0.2) is 26.9 Å². The van der Waals surface area contributed by atoms with E-state index < -0.39 is 0 Å². The Morgan fingerprint density at radius 1 is 1.48 bits per heavy atom. The Morgan fingerprint density at radius 3 is 2.86 bits per heavy atom. The second kappa shape index (κ2) is 6.95. The van der Waals surface area contributed by atoms with E-state index in [1.54, 1.807) is 23.0 Å². The molecule has 1 heterocycles. The second-order valence-corrected chi connectivity index (χ2v) is 5.60. The van der Waals surface area contributed by atoms with Crippen molar-refractivity contribution >= 4 is 33.9 Å². The van der Waals surface area contributed by atoms with E-state index in [-0.39, 0.29) is 5.75 Å². The molecule has 0 fully saturated rings. The van der Waals surface area contributed by atoms with Gasteiger partial charge in [0.25, 0.3) is 0 Å². The van der Waals surface area contributed by atoms with Gasteiger partial charge in [0.15, 0.2) is 17.3 Å². The smallest absolute Gasteiger partial charge is 0.211 e. The molecule has 1 N–H and O–H groups in total. The Kier molecular flexibility index (Phi) is 5.24. The van der Waals surface area contributed by atoms with E-state index in [0.29, 0.717) is 10.2 Å². The molecule has 21 heavy (non-hydrogen) atoms. The van der Waals surface area contributed by atoms with Crippen molar-refractivity contribution in [1.29, 1.82) is 0 Å². The molecule has 2 aromatic rings. The number of phenols is 1. The van der Waals surface area contributed by atoms with Crippen molar-refractivity contribution in [2.45, 2.75) is 18.5 Å². The first-order valence-electron chi connectivity index (χ1n) is 6.20. The molecule has 8 heteroatoms. The summed E-state index contributed by atoms with van der Waals surface area (Å²) in [5.41, 5.74) is 0.733. The van der Waals surface area contributed by atoms with Gasteiger partial charge in [0.2, 0.25) is 5.16 Å². The normalized spacial score (nSPS) is 11.2. The molecule has 2 rings (SSSR count). The predicted molar refractivity (Wildman–Crippen MR) is 86.5 cm³/mol. The number of methoxy groups -OCH3 is 1. The van der Waals surface area contributed by atoms with Crippen LogP contribution in [-0.4, -0.2) is 39.6 Å². The summed E-state index contributed by atoms with van der Waals surface area (Å²) in [6.07, 6.45) is 4.30. The van der Waals surface area contributed by atoms with E-state index in [1.807, 2.05) is 13.2 Å². The van der Waals surface area contributed by atoms with Crippen LogP contribution in [0.5, 0.6) is 11.5 Å². The molecule has 0 spiro atoms. The highest BCUT2D eigenvalue weighted by Gasteiger charge is 2.11. The van der Waals surface area contributed by atoms with Crippen LogP contribution >= 0.6 is 27.7 Å². The van der Waals surface area contributed by atoms with Crippen molar-refractivity contribution in [2.75, 3.05) is 13.4 Å². The minimum Gasteiger partial charge on any atom is -0.503 e. The van der Waals surface area contributed by atoms with Crippen LogP contribution in [0.2, 0.25) is 0 Å². The van der Waals surface area contributed by atoms with Gasteiger partial charge in [-0.1, -0.05) is 18.7 Å². The van der Waals surface area contributed by atoms with E-state index >= 15 is 0 Å². The van der Waals surface area contributed by atoms with Gasteiger partial charge < -0.3 is 9.84 Å². The zero-order valence-electron chi connectivity index (χ0n) is 11.9. The topological polar surface area (TPSA) is 72.5 Å². The van der Waals surface area contributed by atoms with E-state index in [9.17, 15) is 5.11 Å². The van der Waals surface area contributed by atoms with E-state index in [1.165, 1.54) is 18.9 Å². The number of hydrogen-bond donors (Lipinski definition) is 1. The van der Waals surface area contributed by atoms with E-state index in [4.69, 9.17) is 4.74 Å². The first-order chi connectivity index (χ1) is 10.1. The maximum absolute atomic E-state index is 9.97. The Labute approximate surface area is 135 Å². The number of ether oxygens (including phenoxy) is 1. The number of hydrogen-bond acceptors (Lipinski definition) is 6. The summed E-state index contributed by atoms with van der Waals surface area (Å²) in [6, 6.07) is 3.49. The Hall–Kier alpha value is -1.54. The van der Waals surface area contributed by atoms with Gasteiger partial charge in [-0.3, -0.25) is 0 Å². The first-order valence-corrected chi connectivity index (χ1v) is 8.22. The number of thioether (sulfide) groups is 1. The van der Waals surface area contributed by atoms with Crippen molar-refractivity contribution in [1.82, 2.24) is 14.9 Å². The number of aromatic nitrogens is 3.